The second kappa shape index (κ2) is 8.75. The van der Waals surface area contributed by atoms with Gasteiger partial charge in [-0.1, -0.05) is 36.4 Å². The second-order valence-corrected chi connectivity index (χ2v) is 6.31. The molecular weight excluding hydrogens is 364 g/mol. The molecular formula is C23H18N4O2. The zero-order chi connectivity index (χ0) is 19.9. The molecule has 1 N–H and O–H groups in total. The first-order valence-electron chi connectivity index (χ1n) is 9.07. The molecule has 0 spiro atoms. The molecule has 2 heterocycles. The summed E-state index contributed by atoms with van der Waals surface area (Å²) in [6.07, 6.45) is 8.17. The number of carbonyl (C=O) groups excluding carboxylic acids is 1. The van der Waals surface area contributed by atoms with Gasteiger partial charge in [-0.3, -0.25) is 9.78 Å². The smallest absolute Gasteiger partial charge is 0.259 e. The summed E-state index contributed by atoms with van der Waals surface area (Å²) in [4.78, 5) is 25.0. The van der Waals surface area contributed by atoms with Crippen LogP contribution in [0.15, 0.2) is 91.8 Å². The van der Waals surface area contributed by atoms with Crippen LogP contribution in [0.25, 0.3) is 11.1 Å². The molecule has 2 aromatic carbocycles. The first-order valence-corrected chi connectivity index (χ1v) is 9.07. The topological polar surface area (TPSA) is 77.0 Å². The van der Waals surface area contributed by atoms with Crippen LogP contribution in [0.1, 0.15) is 15.9 Å². The number of nitrogens with zero attached hydrogens (tertiary/aromatic N) is 3. The van der Waals surface area contributed by atoms with E-state index in [1.165, 1.54) is 6.33 Å². The fraction of sp³-hybridized carbons (Fsp3) is 0.0435. The van der Waals surface area contributed by atoms with Crippen LogP contribution in [-0.2, 0) is 6.61 Å². The van der Waals surface area contributed by atoms with Gasteiger partial charge >= 0.3 is 0 Å². The minimum Gasteiger partial charge on any atom is -0.488 e. The van der Waals surface area contributed by atoms with Gasteiger partial charge in [-0.05, 0) is 35.4 Å². The zero-order valence-electron chi connectivity index (χ0n) is 15.5. The van der Waals surface area contributed by atoms with Crippen molar-refractivity contribution in [1.82, 2.24) is 15.0 Å². The molecule has 0 saturated heterocycles. The molecule has 0 saturated carbocycles. The minimum atomic E-state index is -0.267. The average molecular weight is 382 g/mol. The van der Waals surface area contributed by atoms with Crippen LogP contribution < -0.4 is 10.1 Å². The van der Waals surface area contributed by atoms with E-state index in [-0.39, 0.29) is 5.91 Å². The average Bonchev–Trinajstić information content (AvgIpc) is 2.79. The Morgan fingerprint density at radius 2 is 1.69 bits per heavy atom. The lowest BCUT2D eigenvalue weighted by atomic mass is 10.0. The lowest BCUT2D eigenvalue weighted by Crippen LogP contribution is -2.14. The van der Waals surface area contributed by atoms with Crippen LogP contribution in [-0.4, -0.2) is 20.9 Å². The van der Waals surface area contributed by atoms with E-state index in [1.807, 2.05) is 42.5 Å². The van der Waals surface area contributed by atoms with Crippen molar-refractivity contribution in [2.45, 2.75) is 6.61 Å². The molecule has 6 nitrogen and oxygen atoms in total. The maximum absolute atomic E-state index is 12.9. The number of carbonyl (C=O) groups is 1. The van der Waals surface area contributed by atoms with Crippen molar-refractivity contribution in [2.75, 3.05) is 5.32 Å². The Labute approximate surface area is 168 Å². The number of rotatable bonds is 6. The summed E-state index contributed by atoms with van der Waals surface area (Å²) in [6, 6.07) is 18.8. The molecule has 0 atom stereocenters. The molecule has 0 bridgehead atoms. The van der Waals surface area contributed by atoms with Gasteiger partial charge in [0.25, 0.3) is 5.91 Å². The molecule has 6 heteroatoms. The summed E-state index contributed by atoms with van der Waals surface area (Å²) in [6.45, 7) is 0.350. The maximum Gasteiger partial charge on any atom is 0.259 e. The van der Waals surface area contributed by atoms with E-state index in [9.17, 15) is 4.79 Å². The van der Waals surface area contributed by atoms with Crippen molar-refractivity contribution >= 4 is 11.6 Å². The van der Waals surface area contributed by atoms with Crippen molar-refractivity contribution in [3.63, 3.8) is 0 Å². The van der Waals surface area contributed by atoms with Crippen molar-refractivity contribution in [3.8, 4) is 16.9 Å². The van der Waals surface area contributed by atoms with E-state index in [1.54, 1.807) is 43.0 Å². The number of ether oxygens (including phenoxy) is 1. The molecule has 4 aromatic rings. The summed E-state index contributed by atoms with van der Waals surface area (Å²) in [5, 5.41) is 2.85. The lowest BCUT2D eigenvalue weighted by molar-refractivity contribution is 0.102. The minimum absolute atomic E-state index is 0.267. The number of hydrogen-bond acceptors (Lipinski definition) is 5. The van der Waals surface area contributed by atoms with Gasteiger partial charge in [-0.15, -0.1) is 0 Å². The van der Waals surface area contributed by atoms with Gasteiger partial charge in [0.05, 0.1) is 17.4 Å². The Bertz CT molecular complexity index is 1090. The molecule has 0 aliphatic heterocycles. The molecule has 0 aliphatic carbocycles. The highest BCUT2D eigenvalue weighted by atomic mass is 16.5. The van der Waals surface area contributed by atoms with E-state index in [0.717, 1.165) is 16.7 Å². The summed E-state index contributed by atoms with van der Waals surface area (Å²) in [5.74, 6) is 0.216. The first kappa shape index (κ1) is 18.3. The normalized spacial score (nSPS) is 10.3. The van der Waals surface area contributed by atoms with Crippen LogP contribution in [0.3, 0.4) is 0 Å². The predicted octanol–water partition coefficient (Wildman–Crippen LogP) is 4.37. The monoisotopic (exact) mass is 382 g/mol. The molecule has 2 aromatic heterocycles. The molecule has 29 heavy (non-hydrogen) atoms. The van der Waals surface area contributed by atoms with Gasteiger partial charge < -0.3 is 10.1 Å². The summed E-state index contributed by atoms with van der Waals surface area (Å²) >= 11 is 0. The van der Waals surface area contributed by atoms with E-state index >= 15 is 0 Å². The lowest BCUT2D eigenvalue weighted by Gasteiger charge is -2.14. The Hall–Kier alpha value is -4.06. The standard InChI is InChI=1S/C23H18N4O2/c28-23(27-20-7-4-10-24-14-20)21-9-8-18(19-12-25-16-26-13-19)11-22(21)29-15-17-5-2-1-3-6-17/h1-14,16H,15H2,(H,27,28). The van der Waals surface area contributed by atoms with Crippen molar-refractivity contribution < 1.29 is 9.53 Å². The fourth-order valence-electron chi connectivity index (χ4n) is 2.83. The number of hydrogen-bond donors (Lipinski definition) is 1. The van der Waals surface area contributed by atoms with Gasteiger partial charge in [0, 0.05) is 24.2 Å². The highest BCUT2D eigenvalue weighted by molar-refractivity contribution is 6.06. The third-order valence-corrected chi connectivity index (χ3v) is 4.28. The largest absolute Gasteiger partial charge is 0.488 e. The Morgan fingerprint density at radius 1 is 0.862 bits per heavy atom. The summed E-state index contributed by atoms with van der Waals surface area (Å²) < 4.78 is 6.03. The van der Waals surface area contributed by atoms with Gasteiger partial charge in [-0.2, -0.15) is 0 Å². The molecule has 0 aliphatic rings. The number of anilines is 1. The summed E-state index contributed by atoms with van der Waals surface area (Å²) in [7, 11) is 0. The van der Waals surface area contributed by atoms with Crippen molar-refractivity contribution in [3.05, 3.63) is 103 Å². The third-order valence-electron chi connectivity index (χ3n) is 4.28. The Balaban J connectivity index is 1.64. The van der Waals surface area contributed by atoms with Crippen LogP contribution in [0.2, 0.25) is 0 Å². The molecule has 4 rings (SSSR count). The van der Waals surface area contributed by atoms with Crippen molar-refractivity contribution in [2.24, 2.45) is 0 Å². The van der Waals surface area contributed by atoms with Gasteiger partial charge in [0.2, 0.25) is 0 Å². The maximum atomic E-state index is 12.9. The van der Waals surface area contributed by atoms with Crippen LogP contribution in [0.4, 0.5) is 5.69 Å². The number of nitrogens with one attached hydrogen (secondary N) is 1. The van der Waals surface area contributed by atoms with Crippen molar-refractivity contribution in [1.29, 1.82) is 0 Å². The van der Waals surface area contributed by atoms with Gasteiger partial charge in [-0.25, -0.2) is 9.97 Å². The number of aromatic nitrogens is 3. The molecule has 0 radical (unpaired) electrons. The zero-order valence-corrected chi connectivity index (χ0v) is 15.5. The molecule has 0 fully saturated rings. The van der Waals surface area contributed by atoms with Crippen LogP contribution >= 0.6 is 0 Å². The predicted molar refractivity (Wildman–Crippen MR) is 110 cm³/mol. The molecule has 1 amide bonds. The van der Waals surface area contributed by atoms with Gasteiger partial charge in [0.15, 0.2) is 0 Å². The molecule has 142 valence electrons. The SMILES string of the molecule is O=C(Nc1cccnc1)c1ccc(-c2cncnc2)cc1OCc1ccccc1. The second-order valence-electron chi connectivity index (χ2n) is 6.31. The third kappa shape index (κ3) is 4.62. The highest BCUT2D eigenvalue weighted by Gasteiger charge is 2.15. The van der Waals surface area contributed by atoms with E-state index in [0.29, 0.717) is 23.6 Å². The molecule has 0 unspecified atom stereocenters. The number of pyridine rings is 1. The van der Waals surface area contributed by atoms with Gasteiger partial charge in [0.1, 0.15) is 18.7 Å². The number of amides is 1. The number of benzene rings is 2. The first-order chi connectivity index (χ1) is 14.3. The van der Waals surface area contributed by atoms with Crippen LogP contribution in [0, 0.1) is 0 Å². The quantitative estimate of drug-likeness (QED) is 0.536. The van der Waals surface area contributed by atoms with E-state index in [2.05, 4.69) is 20.3 Å². The van der Waals surface area contributed by atoms with E-state index < -0.39 is 0 Å². The van der Waals surface area contributed by atoms with E-state index in [4.69, 9.17) is 4.74 Å². The Morgan fingerprint density at radius 3 is 2.45 bits per heavy atom. The fourth-order valence-corrected chi connectivity index (χ4v) is 2.83. The van der Waals surface area contributed by atoms with Crippen LogP contribution in [0.5, 0.6) is 5.75 Å². The Kier molecular flexibility index (Phi) is 5.53. The summed E-state index contributed by atoms with van der Waals surface area (Å²) in [5.41, 5.74) is 3.78. The highest BCUT2D eigenvalue weighted by Crippen LogP contribution is 2.28.